The van der Waals surface area contributed by atoms with E-state index in [2.05, 4.69) is 13.8 Å². The number of carbonyl (C=O) groups is 1. The molecule has 19 heavy (non-hydrogen) atoms. The van der Waals surface area contributed by atoms with Gasteiger partial charge in [0.2, 0.25) is 0 Å². The van der Waals surface area contributed by atoms with E-state index in [0.717, 1.165) is 18.6 Å². The Morgan fingerprint density at radius 2 is 1.84 bits per heavy atom. The van der Waals surface area contributed by atoms with Gasteiger partial charge in [-0.25, -0.2) is 4.79 Å². The molecule has 0 aromatic heterocycles. The highest BCUT2D eigenvalue weighted by molar-refractivity contribution is 5.87. The number of benzene rings is 1. The summed E-state index contributed by atoms with van der Waals surface area (Å²) in [4.78, 5) is 10.8. The van der Waals surface area contributed by atoms with Gasteiger partial charge in [0.05, 0.1) is 11.7 Å². The third-order valence-corrected chi connectivity index (χ3v) is 3.24. The number of rotatable bonds is 9. The summed E-state index contributed by atoms with van der Waals surface area (Å²) in [6.45, 7) is 4.33. The maximum Gasteiger partial charge on any atom is 0.335 e. The van der Waals surface area contributed by atoms with Gasteiger partial charge in [-0.3, -0.25) is 0 Å². The summed E-state index contributed by atoms with van der Waals surface area (Å²) >= 11 is 0. The monoisotopic (exact) mass is 264 g/mol. The van der Waals surface area contributed by atoms with E-state index in [0.29, 0.717) is 5.56 Å². The Hall–Kier alpha value is -1.51. The van der Waals surface area contributed by atoms with Crippen LogP contribution in [0.3, 0.4) is 0 Å². The van der Waals surface area contributed by atoms with Gasteiger partial charge in [-0.05, 0) is 43.5 Å². The second kappa shape index (κ2) is 8.57. The second-order valence-electron chi connectivity index (χ2n) is 4.83. The molecule has 0 spiro atoms. The van der Waals surface area contributed by atoms with Crippen molar-refractivity contribution < 1.29 is 14.6 Å². The summed E-state index contributed by atoms with van der Waals surface area (Å²) in [5.74, 6) is -0.148. The molecule has 3 nitrogen and oxygen atoms in total. The van der Waals surface area contributed by atoms with Crippen LogP contribution in [0.25, 0.3) is 0 Å². The van der Waals surface area contributed by atoms with Gasteiger partial charge in [0.25, 0.3) is 0 Å². The quantitative estimate of drug-likeness (QED) is 0.667. The van der Waals surface area contributed by atoms with Crippen molar-refractivity contribution in [3.63, 3.8) is 0 Å². The molecule has 0 unspecified atom stereocenters. The van der Waals surface area contributed by atoms with Gasteiger partial charge in [-0.2, -0.15) is 0 Å². The van der Waals surface area contributed by atoms with Crippen molar-refractivity contribution >= 4 is 5.97 Å². The highest BCUT2D eigenvalue weighted by atomic mass is 16.5. The average Bonchev–Trinajstić information content (AvgIpc) is 2.42. The van der Waals surface area contributed by atoms with Crippen LogP contribution in [0.15, 0.2) is 24.3 Å². The fourth-order valence-corrected chi connectivity index (χ4v) is 2.01. The first-order valence-corrected chi connectivity index (χ1v) is 7.17. The lowest BCUT2D eigenvalue weighted by molar-refractivity contribution is 0.0697. The molecule has 0 bridgehead atoms. The third kappa shape index (κ3) is 5.77. The van der Waals surface area contributed by atoms with Crippen molar-refractivity contribution in [1.29, 1.82) is 0 Å². The smallest absolute Gasteiger partial charge is 0.335 e. The summed E-state index contributed by atoms with van der Waals surface area (Å²) in [5.41, 5.74) is 0.295. The van der Waals surface area contributed by atoms with Crippen LogP contribution in [-0.4, -0.2) is 17.2 Å². The van der Waals surface area contributed by atoms with Crippen LogP contribution >= 0.6 is 0 Å². The summed E-state index contributed by atoms with van der Waals surface area (Å²) in [7, 11) is 0. The minimum atomic E-state index is -0.904. The standard InChI is InChI=1S/C16H24O3/c1-3-5-6-7-8-14(4-2)19-15-11-9-13(10-12-15)16(17)18/h9-12,14H,3-8H2,1-2H3,(H,17,18)/t14-/m1/s1. The van der Waals surface area contributed by atoms with Crippen LogP contribution in [0.5, 0.6) is 5.75 Å². The first-order valence-electron chi connectivity index (χ1n) is 7.17. The molecule has 0 radical (unpaired) electrons. The minimum absolute atomic E-state index is 0.229. The lowest BCUT2D eigenvalue weighted by Crippen LogP contribution is -2.15. The predicted octanol–water partition coefficient (Wildman–Crippen LogP) is 4.51. The molecule has 1 rings (SSSR count). The predicted molar refractivity (Wildman–Crippen MR) is 76.9 cm³/mol. The van der Waals surface area contributed by atoms with Gasteiger partial charge >= 0.3 is 5.97 Å². The number of aromatic carboxylic acids is 1. The zero-order chi connectivity index (χ0) is 14.1. The molecule has 1 aromatic carbocycles. The Bertz CT molecular complexity index is 370. The Labute approximate surface area is 115 Å². The molecule has 0 saturated carbocycles. The fourth-order valence-electron chi connectivity index (χ4n) is 2.01. The van der Waals surface area contributed by atoms with Gasteiger partial charge < -0.3 is 9.84 Å². The Kier molecular flexibility index (Phi) is 7.01. The van der Waals surface area contributed by atoms with Crippen molar-refractivity contribution in [2.75, 3.05) is 0 Å². The molecule has 1 N–H and O–H groups in total. The van der Waals surface area contributed by atoms with Gasteiger partial charge in [0, 0.05) is 0 Å². The molecule has 1 atom stereocenters. The number of carboxylic acids is 1. The average molecular weight is 264 g/mol. The molecule has 0 aliphatic heterocycles. The molecule has 3 heteroatoms. The van der Waals surface area contributed by atoms with Gasteiger partial charge in [0.15, 0.2) is 0 Å². The minimum Gasteiger partial charge on any atom is -0.490 e. The molecule has 0 heterocycles. The van der Waals surface area contributed by atoms with E-state index in [1.54, 1.807) is 24.3 Å². The second-order valence-corrected chi connectivity index (χ2v) is 4.83. The van der Waals surface area contributed by atoms with Crippen LogP contribution in [0.1, 0.15) is 62.7 Å². The largest absolute Gasteiger partial charge is 0.490 e. The van der Waals surface area contributed by atoms with E-state index in [-0.39, 0.29) is 6.10 Å². The van der Waals surface area contributed by atoms with E-state index in [4.69, 9.17) is 9.84 Å². The number of hydrogen-bond acceptors (Lipinski definition) is 2. The number of hydrogen-bond donors (Lipinski definition) is 1. The SMILES string of the molecule is CCCCCC[C@@H](CC)Oc1ccc(C(=O)O)cc1. The molecule has 1 aromatic rings. The number of unbranched alkanes of at least 4 members (excludes halogenated alkanes) is 3. The zero-order valence-electron chi connectivity index (χ0n) is 11.9. The Balaban J connectivity index is 2.44. The van der Waals surface area contributed by atoms with Crippen LogP contribution in [0, 0.1) is 0 Å². The highest BCUT2D eigenvalue weighted by Gasteiger charge is 2.09. The van der Waals surface area contributed by atoms with Gasteiger partial charge in [-0.1, -0.05) is 33.1 Å². The van der Waals surface area contributed by atoms with Crippen LogP contribution in [0.4, 0.5) is 0 Å². The molecule has 0 saturated heterocycles. The molecular formula is C16H24O3. The topological polar surface area (TPSA) is 46.5 Å². The maximum atomic E-state index is 10.8. The zero-order valence-corrected chi connectivity index (χ0v) is 11.9. The van der Waals surface area contributed by atoms with Crippen LogP contribution < -0.4 is 4.74 Å². The normalized spacial score (nSPS) is 12.1. The van der Waals surface area contributed by atoms with Crippen molar-refractivity contribution in [2.45, 2.75) is 58.5 Å². The van der Waals surface area contributed by atoms with Crippen molar-refractivity contribution in [1.82, 2.24) is 0 Å². The molecule has 0 amide bonds. The highest BCUT2D eigenvalue weighted by Crippen LogP contribution is 2.18. The number of ether oxygens (including phenoxy) is 1. The molecule has 0 aliphatic rings. The maximum absolute atomic E-state index is 10.8. The first kappa shape index (κ1) is 15.5. The molecule has 0 aliphatic carbocycles. The van der Waals surface area contributed by atoms with Crippen molar-refractivity contribution in [3.05, 3.63) is 29.8 Å². The third-order valence-electron chi connectivity index (χ3n) is 3.24. The molecule has 106 valence electrons. The van der Waals surface area contributed by atoms with E-state index in [1.165, 1.54) is 25.7 Å². The summed E-state index contributed by atoms with van der Waals surface area (Å²) in [5, 5.41) is 8.83. The summed E-state index contributed by atoms with van der Waals surface area (Å²) < 4.78 is 5.89. The molecule has 0 fully saturated rings. The van der Waals surface area contributed by atoms with E-state index >= 15 is 0 Å². The van der Waals surface area contributed by atoms with Crippen molar-refractivity contribution in [3.8, 4) is 5.75 Å². The van der Waals surface area contributed by atoms with Crippen molar-refractivity contribution in [2.24, 2.45) is 0 Å². The Morgan fingerprint density at radius 3 is 2.37 bits per heavy atom. The summed E-state index contributed by atoms with van der Waals surface area (Å²) in [6, 6.07) is 6.64. The van der Waals surface area contributed by atoms with E-state index in [9.17, 15) is 4.79 Å². The van der Waals surface area contributed by atoms with Gasteiger partial charge in [-0.15, -0.1) is 0 Å². The van der Waals surface area contributed by atoms with Crippen LogP contribution in [0.2, 0.25) is 0 Å². The van der Waals surface area contributed by atoms with E-state index in [1.807, 2.05) is 0 Å². The lowest BCUT2D eigenvalue weighted by atomic mass is 10.1. The summed E-state index contributed by atoms with van der Waals surface area (Å²) in [6.07, 6.45) is 7.25. The van der Waals surface area contributed by atoms with Gasteiger partial charge in [0.1, 0.15) is 5.75 Å². The van der Waals surface area contributed by atoms with E-state index < -0.39 is 5.97 Å². The first-order chi connectivity index (χ1) is 9.17. The number of carboxylic acid groups (broad SMARTS) is 1. The lowest BCUT2D eigenvalue weighted by Gasteiger charge is -2.17. The fraction of sp³-hybridized carbons (Fsp3) is 0.562. The Morgan fingerprint density at radius 1 is 1.16 bits per heavy atom. The van der Waals surface area contributed by atoms with Crippen LogP contribution in [-0.2, 0) is 0 Å². The molecular weight excluding hydrogens is 240 g/mol.